The minimum absolute atomic E-state index is 0.0169. The van der Waals surface area contributed by atoms with Gasteiger partial charge in [-0.25, -0.2) is 14.8 Å². The molecule has 3 saturated heterocycles. The maximum atomic E-state index is 15.6. The molecule has 2 N–H and O–H groups in total. The predicted octanol–water partition coefficient (Wildman–Crippen LogP) is 9.14. The number of nitrogens with one attached hydrogen (secondary N) is 1. The van der Waals surface area contributed by atoms with Gasteiger partial charge in [0.05, 0.1) is 73.2 Å². The summed E-state index contributed by atoms with van der Waals surface area (Å²) < 4.78 is 82.7. The number of pyridine rings is 2. The van der Waals surface area contributed by atoms with Crippen molar-refractivity contribution in [3.63, 3.8) is 0 Å². The Morgan fingerprint density at radius 3 is 2.30 bits per heavy atom. The van der Waals surface area contributed by atoms with E-state index in [0.717, 1.165) is 30.5 Å². The van der Waals surface area contributed by atoms with Crippen LogP contribution in [0.5, 0.6) is 23.3 Å². The number of amides is 1. The third-order valence-corrected chi connectivity index (χ3v) is 13.8. The van der Waals surface area contributed by atoms with Gasteiger partial charge < -0.3 is 43.3 Å². The maximum Gasteiger partial charge on any atom is 0.418 e. The number of hydrogen-bond acceptors (Lipinski definition) is 14. The van der Waals surface area contributed by atoms with Crippen LogP contribution in [0.15, 0.2) is 79.0 Å². The topological polar surface area (TPSA) is 166 Å². The first-order chi connectivity index (χ1) is 33.7. The summed E-state index contributed by atoms with van der Waals surface area (Å²) in [5.41, 5.74) is 0.486. The van der Waals surface area contributed by atoms with Crippen molar-refractivity contribution >= 4 is 46.1 Å². The number of hydrogen-bond donors (Lipinski definition) is 2. The van der Waals surface area contributed by atoms with Gasteiger partial charge in [0.15, 0.2) is 11.5 Å². The summed E-state index contributed by atoms with van der Waals surface area (Å²) in [4.78, 5) is 36.9. The van der Waals surface area contributed by atoms with E-state index in [-0.39, 0.29) is 84.5 Å². The summed E-state index contributed by atoms with van der Waals surface area (Å²) >= 11 is 7.33. The van der Waals surface area contributed by atoms with Gasteiger partial charge in [-0.1, -0.05) is 41.9 Å². The summed E-state index contributed by atoms with van der Waals surface area (Å²) in [5.74, 6) is 1.35. The molecule has 6 aromatic rings. The number of carboxylic acid groups (broad SMARTS) is 1. The molecule has 4 aliphatic rings. The Kier molecular flexibility index (Phi) is 12.7. The normalized spacial score (nSPS) is 18.4. The van der Waals surface area contributed by atoms with Crippen molar-refractivity contribution in [1.82, 2.24) is 24.8 Å². The van der Waals surface area contributed by atoms with Gasteiger partial charge in [0.2, 0.25) is 0 Å². The summed E-state index contributed by atoms with van der Waals surface area (Å²) in [6.45, 7) is 4.91. The third-order valence-electron chi connectivity index (χ3n) is 13.4. The third kappa shape index (κ3) is 9.25. The zero-order valence-electron chi connectivity index (χ0n) is 38.6. The Morgan fingerprint density at radius 2 is 1.64 bits per heavy atom. The van der Waals surface area contributed by atoms with Crippen LogP contribution in [0.25, 0.3) is 22.2 Å². The number of rotatable bonds is 14. The van der Waals surface area contributed by atoms with E-state index in [0.29, 0.717) is 54.4 Å². The van der Waals surface area contributed by atoms with Crippen molar-refractivity contribution < 1.29 is 51.5 Å². The molecule has 0 aliphatic carbocycles. The highest BCUT2D eigenvalue weighted by Crippen LogP contribution is 2.50. The molecule has 3 fully saturated rings. The van der Waals surface area contributed by atoms with E-state index in [2.05, 4.69) is 15.2 Å². The smallest absolute Gasteiger partial charge is 0.418 e. The predicted molar refractivity (Wildman–Crippen MR) is 254 cm³/mol. The quantitative estimate of drug-likeness (QED) is 0.106. The molecule has 20 heteroatoms. The number of aromatic nitrogens is 4. The lowest BCUT2D eigenvalue weighted by Crippen LogP contribution is -2.43. The highest BCUT2D eigenvalue weighted by atomic mass is 35.5. The number of fused-ring (bicyclic) bond motifs is 1. The Labute approximate surface area is 406 Å². The summed E-state index contributed by atoms with van der Waals surface area (Å²) in [5, 5.41) is 12.2. The molecule has 1 atom stereocenters. The van der Waals surface area contributed by atoms with Crippen LogP contribution in [0.2, 0.25) is 5.02 Å². The van der Waals surface area contributed by atoms with Crippen LogP contribution in [0.4, 0.5) is 35.4 Å². The van der Waals surface area contributed by atoms with Gasteiger partial charge in [0.1, 0.15) is 42.2 Å². The Hall–Kier alpha value is -6.67. The van der Waals surface area contributed by atoms with Gasteiger partial charge >= 0.3 is 18.3 Å². The lowest BCUT2D eigenvalue weighted by atomic mass is 9.93. The minimum Gasteiger partial charge on any atom is -0.497 e. The fourth-order valence-electron chi connectivity index (χ4n) is 10.2. The molecular formula is C50H50ClF3N8O8. The summed E-state index contributed by atoms with van der Waals surface area (Å²) in [7, 11) is 3.15. The first-order valence-electron chi connectivity index (χ1n) is 22.9. The second-order valence-corrected chi connectivity index (χ2v) is 18.3. The Morgan fingerprint density at radius 1 is 0.943 bits per heavy atom. The highest BCUT2D eigenvalue weighted by molar-refractivity contribution is 6.36. The number of nitrogens with zero attached hydrogens (tertiary/aromatic N) is 7. The average molecular weight is 983 g/mol. The van der Waals surface area contributed by atoms with E-state index >= 15 is 13.2 Å². The van der Waals surface area contributed by atoms with Gasteiger partial charge in [-0.05, 0) is 85.5 Å². The number of halogens is 4. The van der Waals surface area contributed by atoms with Gasteiger partial charge in [0, 0.05) is 43.4 Å². The van der Waals surface area contributed by atoms with Crippen LogP contribution in [0.3, 0.4) is 0 Å². The van der Waals surface area contributed by atoms with Gasteiger partial charge in [0.25, 0.3) is 0 Å². The lowest BCUT2D eigenvalue weighted by molar-refractivity contribution is -0.148. The molecule has 7 heterocycles. The van der Waals surface area contributed by atoms with Crippen molar-refractivity contribution in [2.24, 2.45) is 0 Å². The number of benzene rings is 3. The largest absolute Gasteiger partial charge is 0.497 e. The molecule has 0 bridgehead atoms. The molecule has 0 unspecified atom stereocenters. The molecule has 1 spiro atoms. The first kappa shape index (κ1) is 47.0. The molecule has 0 saturated carbocycles. The lowest BCUT2D eigenvalue weighted by Gasteiger charge is -2.31. The van der Waals surface area contributed by atoms with Gasteiger partial charge in [-0.3, -0.25) is 10.2 Å². The van der Waals surface area contributed by atoms with E-state index in [1.165, 1.54) is 25.3 Å². The monoisotopic (exact) mass is 982 g/mol. The van der Waals surface area contributed by atoms with E-state index in [1.807, 2.05) is 58.3 Å². The zero-order chi connectivity index (χ0) is 48.8. The number of carbonyl (C=O) groups is 1. The zero-order valence-corrected chi connectivity index (χ0v) is 39.4. The molecule has 70 heavy (non-hydrogen) atoms. The molecule has 3 aromatic carbocycles. The van der Waals surface area contributed by atoms with Crippen LogP contribution < -0.4 is 34.1 Å². The second-order valence-electron chi connectivity index (χ2n) is 17.9. The standard InChI is InChI=1S/C50H50ClF3N8O8/c1-30-22-38(61(24-31-7-11-34(65-2)12-8-31)25-32-9-13-35(66-3)14-10-32)57-42(40(30)50(52,53)54)36-23-37-39-43(41(36)51)67-19-18-60(26-33-6-4-16-55-44(33)58-47(63)64)45(39)59-46(56-37)68-29-48-15-5-17-62(48)28-49(27-48)69-20-21-70-49/h4,6-14,16,22-23H,5,15,17-21,24-29H2,1-3H3,(H,55,58)(H,63,64)/t48-/m0/s1. The molecule has 0 radical (unpaired) electrons. The van der Waals surface area contributed by atoms with E-state index < -0.39 is 34.9 Å². The molecule has 3 aromatic heterocycles. The van der Waals surface area contributed by atoms with E-state index in [4.69, 9.17) is 55.0 Å². The maximum absolute atomic E-state index is 15.6. The van der Waals surface area contributed by atoms with E-state index in [1.54, 1.807) is 26.4 Å². The number of ether oxygens (including phenoxy) is 6. The van der Waals surface area contributed by atoms with Crippen molar-refractivity contribution in [3.05, 3.63) is 112 Å². The van der Waals surface area contributed by atoms with Crippen LogP contribution in [-0.4, -0.2) is 108 Å². The molecule has 4 aliphatic heterocycles. The Balaban J connectivity index is 1.11. The molecule has 1 amide bonds. The summed E-state index contributed by atoms with van der Waals surface area (Å²) in [6, 6.07) is 21.2. The van der Waals surface area contributed by atoms with E-state index in [9.17, 15) is 9.90 Å². The van der Waals surface area contributed by atoms with Gasteiger partial charge in [-0.15, -0.1) is 0 Å². The van der Waals surface area contributed by atoms with Crippen LogP contribution >= 0.6 is 11.6 Å². The average Bonchev–Trinajstić information content (AvgIpc) is 4.01. The SMILES string of the molecule is COc1ccc(CN(Cc2ccc(OC)cc2)c2cc(C)c(C(F)(F)F)c(-c3cc4nc(OC[C@@]56CCCN5CC5(C6)OCCO5)nc5c4c(c3Cl)OCCN5Cc3cccnc3NC(=O)O)n2)cc1. The van der Waals surface area contributed by atoms with Crippen LogP contribution in [-0.2, 0) is 35.3 Å². The van der Waals surface area contributed by atoms with Crippen LogP contribution in [0.1, 0.15) is 47.1 Å². The van der Waals surface area contributed by atoms with Crippen molar-refractivity contribution in [2.45, 2.75) is 63.3 Å². The number of anilines is 3. The fraction of sp³-hybridized carbons (Fsp3) is 0.380. The second kappa shape index (κ2) is 18.9. The van der Waals surface area contributed by atoms with Crippen molar-refractivity contribution in [1.29, 1.82) is 0 Å². The van der Waals surface area contributed by atoms with Gasteiger partial charge in [-0.2, -0.15) is 23.1 Å². The first-order valence-corrected chi connectivity index (χ1v) is 23.2. The van der Waals surface area contributed by atoms with Crippen molar-refractivity contribution in [2.75, 3.05) is 75.4 Å². The van der Waals surface area contributed by atoms with Crippen molar-refractivity contribution in [3.8, 4) is 34.5 Å². The summed E-state index contributed by atoms with van der Waals surface area (Å²) in [6.07, 6.45) is -2.32. The molecular weight excluding hydrogens is 933 g/mol. The highest BCUT2D eigenvalue weighted by Gasteiger charge is 2.58. The number of methoxy groups -OCH3 is 2. The minimum atomic E-state index is -4.86. The fourth-order valence-corrected chi connectivity index (χ4v) is 10.5. The number of alkyl halides is 3. The molecule has 10 rings (SSSR count). The molecule has 366 valence electrons. The molecule has 16 nitrogen and oxygen atoms in total. The Bertz CT molecular complexity index is 2880. The van der Waals surface area contributed by atoms with Crippen LogP contribution in [0, 0.1) is 6.92 Å². The number of aryl methyl sites for hydroxylation is 1.